The lowest BCUT2D eigenvalue weighted by Crippen LogP contribution is -2.26. The first-order valence-corrected chi connectivity index (χ1v) is 9.62. The van der Waals surface area contributed by atoms with Gasteiger partial charge in [0.15, 0.2) is 5.82 Å². The average molecular weight is 366 g/mol. The van der Waals surface area contributed by atoms with Crippen LogP contribution in [0.1, 0.15) is 25.6 Å². The van der Waals surface area contributed by atoms with Crippen LogP contribution in [-0.4, -0.2) is 44.8 Å². The van der Waals surface area contributed by atoms with Gasteiger partial charge in [0.1, 0.15) is 10.6 Å². The molecule has 0 saturated heterocycles. The summed E-state index contributed by atoms with van der Waals surface area (Å²) in [6, 6.07) is 5.02. The monoisotopic (exact) mass is 366 g/mol. The van der Waals surface area contributed by atoms with Crippen LogP contribution < -0.4 is 14.8 Å². The summed E-state index contributed by atoms with van der Waals surface area (Å²) in [5, 5.41) is 7.06. The summed E-state index contributed by atoms with van der Waals surface area (Å²) in [5.41, 5.74) is 0.535. The molecule has 0 radical (unpaired) electrons. The molecular weight excluding hydrogens is 344 g/mol. The molecule has 25 heavy (non-hydrogen) atoms. The highest BCUT2D eigenvalue weighted by atomic mass is 32.2. The molecule has 9 heteroatoms. The van der Waals surface area contributed by atoms with Crippen LogP contribution in [0.4, 0.5) is 0 Å². The number of hydrogen-bond donors (Lipinski definition) is 2. The summed E-state index contributed by atoms with van der Waals surface area (Å²) in [6.07, 6.45) is 2.33. The van der Waals surface area contributed by atoms with Crippen LogP contribution in [0.15, 0.2) is 27.6 Å². The van der Waals surface area contributed by atoms with E-state index in [0.717, 1.165) is 12.8 Å². The SMILES string of the molecule is CNC(C)Cc1noc(-c2ccc(OC)c(S(=O)(=O)NC3CC3)c2)n1. The van der Waals surface area contributed by atoms with Gasteiger partial charge in [-0.1, -0.05) is 5.16 Å². The molecule has 1 fully saturated rings. The largest absolute Gasteiger partial charge is 0.495 e. The van der Waals surface area contributed by atoms with Crippen molar-refractivity contribution in [3.05, 3.63) is 24.0 Å². The quantitative estimate of drug-likeness (QED) is 0.726. The first kappa shape index (κ1) is 17.8. The zero-order valence-corrected chi connectivity index (χ0v) is 15.3. The van der Waals surface area contributed by atoms with E-state index in [1.807, 2.05) is 14.0 Å². The molecule has 1 aromatic carbocycles. The van der Waals surface area contributed by atoms with Crippen LogP contribution in [0.5, 0.6) is 5.75 Å². The third-order valence-electron chi connectivity index (χ3n) is 4.05. The summed E-state index contributed by atoms with van der Waals surface area (Å²) in [6.45, 7) is 2.01. The first-order valence-electron chi connectivity index (χ1n) is 8.13. The summed E-state index contributed by atoms with van der Waals surface area (Å²) in [5.74, 6) is 1.12. The Balaban J connectivity index is 1.91. The van der Waals surface area contributed by atoms with Crippen LogP contribution in [0.25, 0.3) is 11.5 Å². The minimum atomic E-state index is -3.66. The van der Waals surface area contributed by atoms with Crippen LogP contribution in [0.2, 0.25) is 0 Å². The molecule has 1 atom stereocenters. The summed E-state index contributed by atoms with van der Waals surface area (Å²) >= 11 is 0. The fourth-order valence-electron chi connectivity index (χ4n) is 2.33. The van der Waals surface area contributed by atoms with E-state index >= 15 is 0 Å². The zero-order chi connectivity index (χ0) is 18.0. The summed E-state index contributed by atoms with van der Waals surface area (Å²) in [4.78, 5) is 4.42. The van der Waals surface area contributed by atoms with Crippen molar-refractivity contribution in [3.63, 3.8) is 0 Å². The van der Waals surface area contributed by atoms with Gasteiger partial charge < -0.3 is 14.6 Å². The average Bonchev–Trinajstić information content (AvgIpc) is 3.28. The highest BCUT2D eigenvalue weighted by Gasteiger charge is 2.30. The lowest BCUT2D eigenvalue weighted by molar-refractivity contribution is 0.401. The number of nitrogens with one attached hydrogen (secondary N) is 2. The maximum absolute atomic E-state index is 12.6. The van der Waals surface area contributed by atoms with Crippen molar-refractivity contribution in [3.8, 4) is 17.2 Å². The van der Waals surface area contributed by atoms with Crippen molar-refractivity contribution in [1.82, 2.24) is 20.2 Å². The van der Waals surface area contributed by atoms with E-state index in [0.29, 0.717) is 17.8 Å². The van der Waals surface area contributed by atoms with Gasteiger partial charge in [-0.25, -0.2) is 13.1 Å². The summed E-state index contributed by atoms with van der Waals surface area (Å²) < 4.78 is 38.3. The Bertz CT molecular complexity index is 846. The van der Waals surface area contributed by atoms with E-state index in [1.165, 1.54) is 13.2 Å². The molecule has 0 spiro atoms. The minimum Gasteiger partial charge on any atom is -0.495 e. The van der Waals surface area contributed by atoms with Gasteiger partial charge >= 0.3 is 0 Å². The predicted octanol–water partition coefficient (Wildman–Crippen LogP) is 1.34. The lowest BCUT2D eigenvalue weighted by atomic mass is 10.2. The third kappa shape index (κ3) is 4.17. The molecule has 1 aliphatic carbocycles. The van der Waals surface area contributed by atoms with Crippen molar-refractivity contribution >= 4 is 10.0 Å². The first-order chi connectivity index (χ1) is 11.9. The second kappa shape index (κ2) is 7.11. The van der Waals surface area contributed by atoms with Gasteiger partial charge in [0, 0.05) is 24.1 Å². The van der Waals surface area contributed by atoms with Crippen molar-refractivity contribution < 1.29 is 17.7 Å². The molecular formula is C16H22N4O4S. The smallest absolute Gasteiger partial charge is 0.257 e. The summed E-state index contributed by atoms with van der Waals surface area (Å²) in [7, 11) is -0.361. The molecule has 2 N–H and O–H groups in total. The molecule has 0 aliphatic heterocycles. The van der Waals surface area contributed by atoms with Gasteiger partial charge in [0.05, 0.1) is 7.11 Å². The minimum absolute atomic E-state index is 0.0106. The number of methoxy groups -OCH3 is 1. The van der Waals surface area contributed by atoms with Gasteiger partial charge in [-0.05, 0) is 45.0 Å². The van der Waals surface area contributed by atoms with Crippen molar-refractivity contribution in [2.24, 2.45) is 0 Å². The molecule has 1 heterocycles. The molecule has 8 nitrogen and oxygen atoms in total. The second-order valence-corrected chi connectivity index (χ2v) is 7.85. The van der Waals surface area contributed by atoms with Gasteiger partial charge in [-0.3, -0.25) is 0 Å². The maximum atomic E-state index is 12.6. The number of hydrogen-bond acceptors (Lipinski definition) is 7. The molecule has 1 aliphatic rings. The Kier molecular flexibility index (Phi) is 5.07. The normalized spacial score (nSPS) is 16.0. The number of sulfonamides is 1. The second-order valence-electron chi connectivity index (χ2n) is 6.17. The molecule has 1 unspecified atom stereocenters. The maximum Gasteiger partial charge on any atom is 0.257 e. The molecule has 1 aromatic heterocycles. The van der Waals surface area contributed by atoms with Crippen LogP contribution >= 0.6 is 0 Å². The number of benzene rings is 1. The highest BCUT2D eigenvalue weighted by molar-refractivity contribution is 7.89. The Morgan fingerprint density at radius 1 is 1.40 bits per heavy atom. The van der Waals surface area contributed by atoms with E-state index in [9.17, 15) is 8.42 Å². The Hall–Kier alpha value is -1.97. The van der Waals surface area contributed by atoms with E-state index in [2.05, 4.69) is 20.2 Å². The van der Waals surface area contributed by atoms with E-state index in [-0.39, 0.29) is 28.6 Å². The number of likely N-dealkylation sites (N-methyl/N-ethyl adjacent to an activating group) is 1. The van der Waals surface area contributed by atoms with Gasteiger partial charge in [-0.2, -0.15) is 4.98 Å². The van der Waals surface area contributed by atoms with Gasteiger partial charge in [-0.15, -0.1) is 0 Å². The molecule has 3 rings (SSSR count). The van der Waals surface area contributed by atoms with E-state index in [1.54, 1.807) is 12.1 Å². The van der Waals surface area contributed by atoms with Crippen LogP contribution in [-0.2, 0) is 16.4 Å². The molecule has 0 bridgehead atoms. The van der Waals surface area contributed by atoms with Crippen LogP contribution in [0.3, 0.4) is 0 Å². The Morgan fingerprint density at radius 2 is 2.16 bits per heavy atom. The topological polar surface area (TPSA) is 106 Å². The zero-order valence-electron chi connectivity index (χ0n) is 14.4. The molecule has 2 aromatic rings. The van der Waals surface area contributed by atoms with Gasteiger partial charge in [0.2, 0.25) is 10.0 Å². The number of nitrogens with zero attached hydrogens (tertiary/aromatic N) is 2. The standard InChI is InChI=1S/C16H22N4O4S/c1-10(17-2)8-15-18-16(24-19-15)11-4-7-13(23-3)14(9-11)25(21,22)20-12-5-6-12/h4,7,9-10,12,17,20H,5-6,8H2,1-3H3. The predicted molar refractivity (Wildman–Crippen MR) is 91.9 cm³/mol. The van der Waals surface area contributed by atoms with Crippen molar-refractivity contribution in [1.29, 1.82) is 0 Å². The molecule has 136 valence electrons. The Morgan fingerprint density at radius 3 is 2.80 bits per heavy atom. The van der Waals surface area contributed by atoms with Gasteiger partial charge in [0.25, 0.3) is 5.89 Å². The molecule has 0 amide bonds. The van der Waals surface area contributed by atoms with E-state index in [4.69, 9.17) is 9.26 Å². The number of ether oxygens (including phenoxy) is 1. The number of aromatic nitrogens is 2. The molecule has 1 saturated carbocycles. The highest BCUT2D eigenvalue weighted by Crippen LogP contribution is 2.31. The van der Waals surface area contributed by atoms with Crippen molar-refractivity contribution in [2.45, 2.75) is 43.2 Å². The number of rotatable bonds is 8. The third-order valence-corrected chi connectivity index (χ3v) is 5.59. The van der Waals surface area contributed by atoms with Crippen molar-refractivity contribution in [2.75, 3.05) is 14.2 Å². The fraction of sp³-hybridized carbons (Fsp3) is 0.500. The van der Waals surface area contributed by atoms with Crippen LogP contribution in [0, 0.1) is 0 Å². The Labute approximate surface area is 147 Å². The lowest BCUT2D eigenvalue weighted by Gasteiger charge is -2.11. The van der Waals surface area contributed by atoms with E-state index < -0.39 is 10.0 Å². The fourth-order valence-corrected chi connectivity index (χ4v) is 3.83.